The molecule has 0 aliphatic heterocycles. The number of hydrogen-bond acceptors (Lipinski definition) is 3. The average Bonchev–Trinajstić information content (AvgIpc) is 2.39. The number of carbonyl (C=O) groups excluding carboxylic acids is 1. The number of phenols is 1. The quantitative estimate of drug-likeness (QED) is 0.906. The Hall–Kier alpha value is -2.07. The Labute approximate surface area is 116 Å². The molecular weight excluding hydrogens is 264 g/mol. The number of benzene rings is 1. The van der Waals surface area contributed by atoms with E-state index in [0.717, 1.165) is 5.56 Å². The molecule has 5 heteroatoms. The molecule has 0 spiro atoms. The van der Waals surface area contributed by atoms with Crippen LogP contribution in [0, 0.1) is 0 Å². The van der Waals surface area contributed by atoms with Crippen LogP contribution in [-0.2, 0) is 0 Å². The normalized spacial score (nSPS) is 11.9. The topological polar surface area (TPSA) is 62.2 Å². The SMILES string of the molecule is CC(NC(=O)c1cnccc1Cl)c1cccc(O)c1. The molecule has 1 aromatic carbocycles. The minimum absolute atomic E-state index is 0.165. The molecular formula is C14H13ClN2O2. The summed E-state index contributed by atoms with van der Waals surface area (Å²) in [6.07, 6.45) is 2.95. The monoisotopic (exact) mass is 276 g/mol. The van der Waals surface area contributed by atoms with Crippen LogP contribution in [0.15, 0.2) is 42.7 Å². The first-order chi connectivity index (χ1) is 9.08. The third kappa shape index (κ3) is 3.23. The molecule has 2 aromatic rings. The largest absolute Gasteiger partial charge is 0.508 e. The van der Waals surface area contributed by atoms with E-state index in [-0.39, 0.29) is 17.7 Å². The fourth-order valence-electron chi connectivity index (χ4n) is 1.70. The summed E-state index contributed by atoms with van der Waals surface area (Å²) in [5.41, 5.74) is 1.14. The second kappa shape index (κ2) is 5.71. The van der Waals surface area contributed by atoms with Crippen LogP contribution < -0.4 is 5.32 Å². The van der Waals surface area contributed by atoms with E-state index >= 15 is 0 Å². The van der Waals surface area contributed by atoms with Crippen LogP contribution >= 0.6 is 11.6 Å². The van der Waals surface area contributed by atoms with Crippen molar-refractivity contribution in [3.05, 3.63) is 58.9 Å². The predicted molar refractivity (Wildman–Crippen MR) is 73.2 cm³/mol. The van der Waals surface area contributed by atoms with Crippen molar-refractivity contribution in [2.45, 2.75) is 13.0 Å². The summed E-state index contributed by atoms with van der Waals surface area (Å²) in [4.78, 5) is 15.9. The van der Waals surface area contributed by atoms with E-state index in [9.17, 15) is 9.90 Å². The third-order valence-corrected chi connectivity index (χ3v) is 3.06. The summed E-state index contributed by atoms with van der Waals surface area (Å²) in [7, 11) is 0. The highest BCUT2D eigenvalue weighted by Gasteiger charge is 2.14. The molecule has 98 valence electrons. The van der Waals surface area contributed by atoms with Gasteiger partial charge in [-0.2, -0.15) is 0 Å². The van der Waals surface area contributed by atoms with Crippen LogP contribution in [-0.4, -0.2) is 16.0 Å². The maximum absolute atomic E-state index is 12.0. The van der Waals surface area contributed by atoms with Crippen LogP contribution in [0.25, 0.3) is 0 Å². The summed E-state index contributed by atoms with van der Waals surface area (Å²) in [6, 6.07) is 8.07. The molecule has 0 aliphatic carbocycles. The van der Waals surface area contributed by atoms with Crippen molar-refractivity contribution in [3.63, 3.8) is 0 Å². The average molecular weight is 277 g/mol. The van der Waals surface area contributed by atoms with Gasteiger partial charge in [0.25, 0.3) is 5.91 Å². The van der Waals surface area contributed by atoms with Gasteiger partial charge in [0.1, 0.15) is 5.75 Å². The van der Waals surface area contributed by atoms with Crippen molar-refractivity contribution in [3.8, 4) is 5.75 Å². The molecule has 0 aliphatic rings. The molecule has 0 saturated heterocycles. The van der Waals surface area contributed by atoms with E-state index in [4.69, 9.17) is 11.6 Å². The Morgan fingerprint density at radius 1 is 1.42 bits per heavy atom. The zero-order chi connectivity index (χ0) is 13.8. The fraction of sp³-hybridized carbons (Fsp3) is 0.143. The lowest BCUT2D eigenvalue weighted by Gasteiger charge is -2.15. The predicted octanol–water partition coefficient (Wildman–Crippen LogP) is 2.93. The summed E-state index contributed by atoms with van der Waals surface area (Å²) < 4.78 is 0. The molecule has 0 radical (unpaired) electrons. The van der Waals surface area contributed by atoms with E-state index < -0.39 is 0 Å². The second-order valence-electron chi connectivity index (χ2n) is 4.15. The lowest BCUT2D eigenvalue weighted by molar-refractivity contribution is 0.0939. The Balaban J connectivity index is 2.13. The molecule has 1 amide bonds. The highest BCUT2D eigenvalue weighted by molar-refractivity contribution is 6.33. The maximum Gasteiger partial charge on any atom is 0.254 e. The molecule has 0 saturated carbocycles. The van der Waals surface area contributed by atoms with Gasteiger partial charge in [0.05, 0.1) is 16.6 Å². The van der Waals surface area contributed by atoms with Crippen LogP contribution in [0.3, 0.4) is 0 Å². The number of aromatic hydroxyl groups is 1. The first-order valence-corrected chi connectivity index (χ1v) is 6.15. The van der Waals surface area contributed by atoms with E-state index in [0.29, 0.717) is 10.6 Å². The lowest BCUT2D eigenvalue weighted by atomic mass is 10.1. The van der Waals surface area contributed by atoms with E-state index in [1.807, 2.05) is 13.0 Å². The fourth-order valence-corrected chi connectivity index (χ4v) is 1.89. The van der Waals surface area contributed by atoms with Crippen LogP contribution in [0.2, 0.25) is 5.02 Å². The molecule has 1 atom stereocenters. The number of halogens is 1. The standard InChI is InChI=1S/C14H13ClN2O2/c1-9(10-3-2-4-11(18)7-10)17-14(19)12-8-16-6-5-13(12)15/h2-9,18H,1H3,(H,17,19). The van der Waals surface area contributed by atoms with E-state index in [2.05, 4.69) is 10.3 Å². The Kier molecular flexibility index (Phi) is 4.02. The number of nitrogens with zero attached hydrogens (tertiary/aromatic N) is 1. The van der Waals surface area contributed by atoms with Crippen LogP contribution in [0.5, 0.6) is 5.75 Å². The highest BCUT2D eigenvalue weighted by atomic mass is 35.5. The molecule has 2 rings (SSSR count). The van der Waals surface area contributed by atoms with Gasteiger partial charge in [0, 0.05) is 12.4 Å². The van der Waals surface area contributed by atoms with Crippen molar-refractivity contribution >= 4 is 17.5 Å². The summed E-state index contributed by atoms with van der Waals surface area (Å²) in [6.45, 7) is 1.83. The smallest absolute Gasteiger partial charge is 0.254 e. The van der Waals surface area contributed by atoms with Gasteiger partial charge in [0.15, 0.2) is 0 Å². The van der Waals surface area contributed by atoms with Gasteiger partial charge in [0.2, 0.25) is 0 Å². The number of amides is 1. The number of pyridine rings is 1. The minimum Gasteiger partial charge on any atom is -0.508 e. The molecule has 0 fully saturated rings. The third-order valence-electron chi connectivity index (χ3n) is 2.73. The number of nitrogens with one attached hydrogen (secondary N) is 1. The lowest BCUT2D eigenvalue weighted by Crippen LogP contribution is -2.26. The van der Waals surface area contributed by atoms with Gasteiger partial charge < -0.3 is 10.4 Å². The molecule has 4 nitrogen and oxygen atoms in total. The summed E-state index contributed by atoms with van der Waals surface area (Å²) >= 11 is 5.93. The van der Waals surface area contributed by atoms with E-state index in [1.54, 1.807) is 24.3 Å². The Morgan fingerprint density at radius 2 is 2.21 bits per heavy atom. The Bertz CT molecular complexity index is 602. The summed E-state index contributed by atoms with van der Waals surface area (Å²) in [5, 5.41) is 12.6. The number of carbonyl (C=O) groups is 1. The first-order valence-electron chi connectivity index (χ1n) is 5.77. The van der Waals surface area contributed by atoms with Gasteiger partial charge >= 0.3 is 0 Å². The zero-order valence-corrected chi connectivity index (χ0v) is 11.1. The van der Waals surface area contributed by atoms with Crippen molar-refractivity contribution in [2.75, 3.05) is 0 Å². The number of hydrogen-bond donors (Lipinski definition) is 2. The highest BCUT2D eigenvalue weighted by Crippen LogP contribution is 2.19. The first kappa shape index (κ1) is 13.4. The molecule has 1 unspecified atom stereocenters. The van der Waals surface area contributed by atoms with Crippen molar-refractivity contribution in [1.29, 1.82) is 0 Å². The van der Waals surface area contributed by atoms with Crippen molar-refractivity contribution < 1.29 is 9.90 Å². The molecule has 1 heterocycles. The number of aromatic nitrogens is 1. The van der Waals surface area contributed by atoms with Gasteiger partial charge in [-0.15, -0.1) is 0 Å². The van der Waals surface area contributed by atoms with Gasteiger partial charge in [-0.05, 0) is 30.7 Å². The Morgan fingerprint density at radius 3 is 2.89 bits per heavy atom. The van der Waals surface area contributed by atoms with Gasteiger partial charge in [-0.1, -0.05) is 23.7 Å². The van der Waals surface area contributed by atoms with Gasteiger partial charge in [-0.25, -0.2) is 0 Å². The van der Waals surface area contributed by atoms with Crippen LogP contribution in [0.4, 0.5) is 0 Å². The minimum atomic E-state index is -0.297. The van der Waals surface area contributed by atoms with Crippen LogP contribution in [0.1, 0.15) is 28.9 Å². The summed E-state index contributed by atoms with van der Waals surface area (Å²) in [5.74, 6) is -0.132. The van der Waals surface area contributed by atoms with Crippen molar-refractivity contribution in [2.24, 2.45) is 0 Å². The molecule has 2 N–H and O–H groups in total. The number of rotatable bonds is 3. The zero-order valence-electron chi connectivity index (χ0n) is 10.3. The second-order valence-corrected chi connectivity index (χ2v) is 4.55. The van der Waals surface area contributed by atoms with Gasteiger partial charge in [-0.3, -0.25) is 9.78 Å². The molecule has 0 bridgehead atoms. The van der Waals surface area contributed by atoms with E-state index in [1.165, 1.54) is 12.4 Å². The maximum atomic E-state index is 12.0. The number of phenolic OH excluding ortho intramolecular Hbond substituents is 1. The van der Waals surface area contributed by atoms with Crippen molar-refractivity contribution in [1.82, 2.24) is 10.3 Å². The molecule has 19 heavy (non-hydrogen) atoms. The molecule has 1 aromatic heterocycles.